The van der Waals surface area contributed by atoms with Gasteiger partial charge in [-0.25, -0.2) is 4.98 Å². The van der Waals surface area contributed by atoms with E-state index in [0.717, 1.165) is 54.0 Å². The van der Waals surface area contributed by atoms with Crippen LogP contribution < -0.4 is 10.1 Å². The highest BCUT2D eigenvalue weighted by Gasteiger charge is 2.23. The molecule has 1 aromatic heterocycles. The number of carbonyl (C=O) groups is 1. The molecule has 0 saturated carbocycles. The van der Waals surface area contributed by atoms with E-state index in [9.17, 15) is 4.79 Å². The number of para-hydroxylation sites is 3. The number of ether oxygens (including phenoxy) is 1. The van der Waals surface area contributed by atoms with Gasteiger partial charge in [0.15, 0.2) is 0 Å². The lowest BCUT2D eigenvalue weighted by Gasteiger charge is -2.30. The Kier molecular flexibility index (Phi) is 5.15. The molecule has 0 aliphatic carbocycles. The van der Waals surface area contributed by atoms with E-state index in [-0.39, 0.29) is 5.91 Å². The van der Waals surface area contributed by atoms with Crippen molar-refractivity contribution in [1.29, 1.82) is 0 Å². The van der Waals surface area contributed by atoms with Crippen molar-refractivity contribution >= 4 is 28.2 Å². The van der Waals surface area contributed by atoms with E-state index in [1.807, 2.05) is 59.5 Å². The van der Waals surface area contributed by atoms with Gasteiger partial charge in [0, 0.05) is 18.5 Å². The van der Waals surface area contributed by atoms with Gasteiger partial charge in [0.25, 0.3) is 5.91 Å². The van der Waals surface area contributed by atoms with Crippen molar-refractivity contribution in [2.45, 2.75) is 19.8 Å². The molecule has 0 radical (unpaired) electrons. The average molecular weight is 375 g/mol. The number of anilines is 2. The molecule has 0 spiro atoms. The van der Waals surface area contributed by atoms with Crippen molar-refractivity contribution < 1.29 is 9.53 Å². The fraction of sp³-hybridized carbons (Fsp3) is 0.304. The maximum absolute atomic E-state index is 13.1. The van der Waals surface area contributed by atoms with Gasteiger partial charge in [0.05, 0.1) is 24.0 Å². The monoisotopic (exact) mass is 375 g/mol. The summed E-state index contributed by atoms with van der Waals surface area (Å²) in [6.07, 6.45) is 2.09. The van der Waals surface area contributed by atoms with Crippen LogP contribution >= 0.6 is 0 Å². The first-order chi connectivity index (χ1) is 13.7. The van der Waals surface area contributed by atoms with Gasteiger partial charge in [-0.15, -0.1) is 0 Å². The van der Waals surface area contributed by atoms with Crippen molar-refractivity contribution in [3.05, 3.63) is 60.3 Å². The van der Waals surface area contributed by atoms with Gasteiger partial charge in [0.2, 0.25) is 0 Å². The van der Waals surface area contributed by atoms with Gasteiger partial charge in [0.1, 0.15) is 11.4 Å². The molecule has 5 nitrogen and oxygen atoms in total. The Morgan fingerprint density at radius 2 is 1.79 bits per heavy atom. The lowest BCUT2D eigenvalue weighted by Crippen LogP contribution is -2.38. The molecule has 0 unspecified atom stereocenters. The van der Waals surface area contributed by atoms with Crippen molar-refractivity contribution in [3.8, 4) is 5.75 Å². The van der Waals surface area contributed by atoms with E-state index in [4.69, 9.17) is 4.74 Å². The van der Waals surface area contributed by atoms with Crippen LogP contribution in [0, 0.1) is 5.92 Å². The highest BCUT2D eigenvalue weighted by atomic mass is 16.5. The summed E-state index contributed by atoms with van der Waals surface area (Å²) in [7, 11) is 1.65. The molecule has 1 N–H and O–H groups in total. The number of amides is 1. The Bertz CT molecular complexity index is 994. The Hall–Kier alpha value is -3.08. The molecule has 1 fully saturated rings. The summed E-state index contributed by atoms with van der Waals surface area (Å²) < 4.78 is 5.46. The molecule has 2 heterocycles. The number of benzene rings is 2. The third kappa shape index (κ3) is 3.65. The number of hydrogen-bond donors (Lipinski definition) is 1. The van der Waals surface area contributed by atoms with Crippen LogP contribution in [0.25, 0.3) is 10.9 Å². The summed E-state index contributed by atoms with van der Waals surface area (Å²) in [6.45, 7) is 3.83. The standard InChI is InChI=1S/C23H25N3O2/c1-16-11-13-26(14-12-16)23(27)21-15-20(17-7-3-4-8-18(17)24-21)25-19-9-5-6-10-22(19)28-2/h3-10,15-16H,11-14H2,1-2H3,(H,24,25). The number of nitrogens with zero attached hydrogens (tertiary/aromatic N) is 2. The Labute approximate surface area is 165 Å². The third-order valence-electron chi connectivity index (χ3n) is 5.38. The zero-order valence-corrected chi connectivity index (χ0v) is 16.3. The molecule has 4 rings (SSSR count). The van der Waals surface area contributed by atoms with Crippen LogP contribution in [0.5, 0.6) is 5.75 Å². The SMILES string of the molecule is COc1ccccc1Nc1cc(C(=O)N2CCC(C)CC2)nc2ccccc12. The summed E-state index contributed by atoms with van der Waals surface area (Å²) in [5.41, 5.74) is 2.98. The van der Waals surface area contributed by atoms with E-state index in [0.29, 0.717) is 11.6 Å². The number of aromatic nitrogens is 1. The second-order valence-corrected chi connectivity index (χ2v) is 7.37. The van der Waals surface area contributed by atoms with Crippen molar-refractivity contribution in [3.63, 3.8) is 0 Å². The topological polar surface area (TPSA) is 54.5 Å². The minimum absolute atomic E-state index is 0.000676. The third-order valence-corrected chi connectivity index (χ3v) is 5.38. The highest BCUT2D eigenvalue weighted by Crippen LogP contribution is 2.31. The van der Waals surface area contributed by atoms with Crippen LogP contribution in [0.1, 0.15) is 30.3 Å². The van der Waals surface area contributed by atoms with Gasteiger partial charge in [-0.1, -0.05) is 37.3 Å². The summed E-state index contributed by atoms with van der Waals surface area (Å²) >= 11 is 0. The Balaban J connectivity index is 1.72. The molecule has 1 aliphatic rings. The molecule has 2 aromatic carbocycles. The lowest BCUT2D eigenvalue weighted by atomic mass is 9.99. The molecule has 144 valence electrons. The summed E-state index contributed by atoms with van der Waals surface area (Å²) in [6, 6.07) is 17.5. The fourth-order valence-electron chi connectivity index (χ4n) is 3.66. The largest absolute Gasteiger partial charge is 0.495 e. The minimum atomic E-state index is 0.000676. The molecular weight excluding hydrogens is 350 g/mol. The summed E-state index contributed by atoms with van der Waals surface area (Å²) in [5, 5.41) is 4.41. The molecule has 0 atom stereocenters. The number of fused-ring (bicyclic) bond motifs is 1. The Morgan fingerprint density at radius 3 is 2.57 bits per heavy atom. The van der Waals surface area contributed by atoms with E-state index in [2.05, 4.69) is 17.2 Å². The molecule has 0 bridgehead atoms. The van der Waals surface area contributed by atoms with E-state index in [1.54, 1.807) is 7.11 Å². The number of piperidine rings is 1. The van der Waals surface area contributed by atoms with Gasteiger partial charge in [-0.3, -0.25) is 4.79 Å². The van der Waals surface area contributed by atoms with Crippen LogP contribution in [-0.2, 0) is 0 Å². The second-order valence-electron chi connectivity index (χ2n) is 7.37. The van der Waals surface area contributed by atoms with Gasteiger partial charge >= 0.3 is 0 Å². The van der Waals surface area contributed by atoms with Crippen LogP contribution in [0.4, 0.5) is 11.4 Å². The molecule has 28 heavy (non-hydrogen) atoms. The summed E-state index contributed by atoms with van der Waals surface area (Å²) in [5.74, 6) is 1.43. The highest BCUT2D eigenvalue weighted by molar-refractivity contribution is 6.00. The second kappa shape index (κ2) is 7.89. The first kappa shape index (κ1) is 18.3. The fourth-order valence-corrected chi connectivity index (χ4v) is 3.66. The molecule has 1 saturated heterocycles. The van der Waals surface area contributed by atoms with Crippen molar-refractivity contribution in [2.75, 3.05) is 25.5 Å². The lowest BCUT2D eigenvalue weighted by molar-refractivity contribution is 0.0692. The number of methoxy groups -OCH3 is 1. The first-order valence-corrected chi connectivity index (χ1v) is 9.75. The number of rotatable bonds is 4. The predicted molar refractivity (Wildman–Crippen MR) is 112 cm³/mol. The molecule has 1 aliphatic heterocycles. The quantitative estimate of drug-likeness (QED) is 0.708. The molecular formula is C23H25N3O2. The first-order valence-electron chi connectivity index (χ1n) is 9.75. The number of hydrogen-bond acceptors (Lipinski definition) is 4. The normalized spacial score (nSPS) is 14.9. The smallest absolute Gasteiger partial charge is 0.272 e. The van der Waals surface area contributed by atoms with Gasteiger partial charge < -0.3 is 15.0 Å². The van der Waals surface area contributed by atoms with Crippen molar-refractivity contribution in [1.82, 2.24) is 9.88 Å². The molecule has 5 heteroatoms. The van der Waals surface area contributed by atoms with E-state index < -0.39 is 0 Å². The maximum Gasteiger partial charge on any atom is 0.272 e. The number of likely N-dealkylation sites (tertiary alicyclic amines) is 1. The number of carbonyl (C=O) groups excluding carboxylic acids is 1. The van der Waals surface area contributed by atoms with E-state index >= 15 is 0 Å². The Morgan fingerprint density at radius 1 is 1.07 bits per heavy atom. The zero-order valence-electron chi connectivity index (χ0n) is 16.3. The molecule has 1 amide bonds. The predicted octanol–water partition coefficient (Wildman–Crippen LogP) is 4.86. The maximum atomic E-state index is 13.1. The van der Waals surface area contributed by atoms with Crippen LogP contribution in [0.15, 0.2) is 54.6 Å². The number of nitrogens with one attached hydrogen (secondary N) is 1. The van der Waals surface area contributed by atoms with Crippen molar-refractivity contribution in [2.24, 2.45) is 5.92 Å². The zero-order chi connectivity index (χ0) is 19.5. The number of pyridine rings is 1. The van der Waals surface area contributed by atoms with Crippen LogP contribution in [0.3, 0.4) is 0 Å². The summed E-state index contributed by atoms with van der Waals surface area (Å²) in [4.78, 5) is 19.7. The molecule has 3 aromatic rings. The van der Waals surface area contributed by atoms with E-state index in [1.165, 1.54) is 0 Å². The van der Waals surface area contributed by atoms with Crippen LogP contribution in [0.2, 0.25) is 0 Å². The minimum Gasteiger partial charge on any atom is -0.495 e. The van der Waals surface area contributed by atoms with Gasteiger partial charge in [-0.2, -0.15) is 0 Å². The van der Waals surface area contributed by atoms with Crippen LogP contribution in [-0.4, -0.2) is 36.0 Å². The average Bonchev–Trinajstić information content (AvgIpc) is 2.74. The van der Waals surface area contributed by atoms with Gasteiger partial charge in [-0.05, 0) is 43.0 Å².